The van der Waals surface area contributed by atoms with Gasteiger partial charge in [-0.05, 0) is 61.8 Å². The largest absolute Gasteiger partial charge is 0.349 e. The van der Waals surface area contributed by atoms with Crippen molar-refractivity contribution in [1.29, 1.82) is 0 Å². The highest BCUT2D eigenvalue weighted by atomic mass is 19.1. The molecule has 25 heavy (non-hydrogen) atoms. The van der Waals surface area contributed by atoms with Crippen LogP contribution in [-0.2, 0) is 0 Å². The number of carbonyl (C=O) groups is 1. The number of nitrogens with one attached hydrogen (secondary N) is 2. The molecule has 2 aromatic rings. The van der Waals surface area contributed by atoms with Crippen molar-refractivity contribution in [3.05, 3.63) is 41.8 Å². The number of halogens is 1. The molecule has 0 saturated heterocycles. The van der Waals surface area contributed by atoms with Crippen LogP contribution in [0.4, 0.5) is 4.39 Å². The zero-order valence-corrected chi connectivity index (χ0v) is 14.0. The Hall–Kier alpha value is -2.21. The number of nitrogens with two attached hydrogens (primary N) is 1. The Morgan fingerprint density at radius 3 is 2.56 bits per heavy atom. The molecule has 1 amide bonds. The first-order chi connectivity index (χ1) is 12.1. The van der Waals surface area contributed by atoms with Crippen LogP contribution >= 0.6 is 0 Å². The lowest BCUT2D eigenvalue weighted by Gasteiger charge is -2.45. The summed E-state index contributed by atoms with van der Waals surface area (Å²) in [5, 5.41) is 10.1. The molecule has 0 aliphatic heterocycles. The summed E-state index contributed by atoms with van der Waals surface area (Å²) in [6.45, 7) is 0. The van der Waals surface area contributed by atoms with Crippen molar-refractivity contribution in [2.45, 2.75) is 44.2 Å². The molecule has 4 N–H and O–H groups in total. The lowest BCUT2D eigenvalue weighted by molar-refractivity contribution is 0.0756. The van der Waals surface area contributed by atoms with Crippen molar-refractivity contribution in [1.82, 2.24) is 15.5 Å². The molecule has 0 radical (unpaired) electrons. The molecule has 2 saturated carbocycles. The Bertz CT molecular complexity index is 743. The number of carbonyl (C=O) groups excluding carboxylic acids is 1. The van der Waals surface area contributed by atoms with Gasteiger partial charge in [0.05, 0.1) is 17.5 Å². The molecule has 2 atom stereocenters. The van der Waals surface area contributed by atoms with E-state index in [4.69, 9.17) is 5.73 Å². The summed E-state index contributed by atoms with van der Waals surface area (Å²) in [7, 11) is 0. The van der Waals surface area contributed by atoms with E-state index in [1.54, 1.807) is 18.3 Å². The fourth-order valence-electron chi connectivity index (χ4n) is 4.55. The van der Waals surface area contributed by atoms with E-state index in [-0.39, 0.29) is 23.8 Å². The van der Waals surface area contributed by atoms with E-state index < -0.39 is 0 Å². The number of hydrogen-bond acceptors (Lipinski definition) is 3. The molecule has 2 fully saturated rings. The van der Waals surface area contributed by atoms with Crippen LogP contribution in [0, 0.1) is 17.7 Å². The predicted octanol–water partition coefficient (Wildman–Crippen LogP) is 2.85. The van der Waals surface area contributed by atoms with Gasteiger partial charge in [-0.2, -0.15) is 5.10 Å². The highest BCUT2D eigenvalue weighted by Crippen LogP contribution is 2.39. The fourth-order valence-corrected chi connectivity index (χ4v) is 4.55. The maximum absolute atomic E-state index is 13.1. The van der Waals surface area contributed by atoms with Crippen molar-refractivity contribution in [2.24, 2.45) is 17.6 Å². The minimum Gasteiger partial charge on any atom is -0.349 e. The summed E-state index contributed by atoms with van der Waals surface area (Å²) >= 11 is 0. The average Bonchev–Trinajstić information content (AvgIpc) is 3.06. The molecule has 4 rings (SSSR count). The molecule has 132 valence electrons. The Labute approximate surface area is 146 Å². The molecule has 6 heteroatoms. The van der Waals surface area contributed by atoms with Crippen LogP contribution in [0.15, 0.2) is 30.5 Å². The van der Waals surface area contributed by atoms with E-state index >= 15 is 0 Å². The van der Waals surface area contributed by atoms with Crippen LogP contribution in [0.2, 0.25) is 0 Å². The van der Waals surface area contributed by atoms with Gasteiger partial charge in [0.15, 0.2) is 0 Å². The molecular weight excluding hydrogens is 319 g/mol. The van der Waals surface area contributed by atoms with Crippen LogP contribution in [0.3, 0.4) is 0 Å². The van der Waals surface area contributed by atoms with Crippen molar-refractivity contribution in [3.63, 3.8) is 0 Å². The van der Waals surface area contributed by atoms with Crippen LogP contribution in [-0.4, -0.2) is 28.2 Å². The normalized spacial score (nSPS) is 28.6. The van der Waals surface area contributed by atoms with E-state index in [1.807, 2.05) is 0 Å². The topological polar surface area (TPSA) is 83.8 Å². The van der Waals surface area contributed by atoms with Gasteiger partial charge in [-0.1, -0.05) is 6.42 Å². The van der Waals surface area contributed by atoms with Gasteiger partial charge in [-0.25, -0.2) is 4.39 Å². The maximum Gasteiger partial charge on any atom is 0.255 e. The van der Waals surface area contributed by atoms with Crippen LogP contribution in [0.1, 0.15) is 42.5 Å². The third kappa shape index (κ3) is 3.18. The van der Waals surface area contributed by atoms with Gasteiger partial charge < -0.3 is 11.1 Å². The predicted molar refractivity (Wildman–Crippen MR) is 93.3 cm³/mol. The molecule has 2 bridgehead atoms. The first-order valence-corrected chi connectivity index (χ1v) is 8.97. The lowest BCUT2D eigenvalue weighted by atomic mass is 9.67. The van der Waals surface area contributed by atoms with Gasteiger partial charge >= 0.3 is 0 Å². The van der Waals surface area contributed by atoms with Crippen molar-refractivity contribution in [2.75, 3.05) is 0 Å². The number of nitrogens with zero attached hydrogens (tertiary/aromatic N) is 1. The summed E-state index contributed by atoms with van der Waals surface area (Å²) in [5.74, 6) is 0.506. The number of amides is 1. The third-order valence-corrected chi connectivity index (χ3v) is 5.69. The first kappa shape index (κ1) is 16.3. The van der Waals surface area contributed by atoms with Crippen molar-refractivity contribution < 1.29 is 9.18 Å². The Morgan fingerprint density at radius 2 is 1.88 bits per heavy atom. The monoisotopic (exact) mass is 342 g/mol. The molecule has 0 spiro atoms. The number of benzene rings is 1. The smallest absolute Gasteiger partial charge is 0.255 e. The SMILES string of the molecule is NC1CC2CCCC(C1)C2NC(=O)c1cn[nH]c1-c1ccc(F)cc1. The number of fused-ring (bicyclic) bond motifs is 2. The van der Waals surface area contributed by atoms with E-state index in [0.29, 0.717) is 23.1 Å². The van der Waals surface area contributed by atoms with Crippen LogP contribution < -0.4 is 11.1 Å². The van der Waals surface area contributed by atoms with E-state index in [0.717, 1.165) is 31.2 Å². The van der Waals surface area contributed by atoms with Gasteiger partial charge in [0.2, 0.25) is 0 Å². The van der Waals surface area contributed by atoms with E-state index in [9.17, 15) is 9.18 Å². The Kier molecular flexibility index (Phi) is 4.29. The minimum absolute atomic E-state index is 0.120. The second-order valence-corrected chi connectivity index (χ2v) is 7.35. The van der Waals surface area contributed by atoms with E-state index in [2.05, 4.69) is 15.5 Å². The number of hydrogen-bond donors (Lipinski definition) is 3. The molecule has 5 nitrogen and oxygen atoms in total. The molecular formula is C19H23FN4O. The van der Waals surface area contributed by atoms with Gasteiger partial charge in [-0.3, -0.25) is 9.89 Å². The standard InChI is InChI=1S/C19H23FN4O/c20-14-6-4-11(5-7-14)18-16(10-22-24-18)19(25)23-17-12-2-1-3-13(17)9-15(21)8-12/h4-7,10,12-13,15,17H,1-3,8-9,21H2,(H,22,24)(H,23,25). The summed E-state index contributed by atoms with van der Waals surface area (Å²) in [6, 6.07) is 6.50. The average molecular weight is 342 g/mol. The number of aromatic nitrogens is 2. The van der Waals surface area contributed by atoms with Crippen molar-refractivity contribution >= 4 is 5.91 Å². The zero-order valence-electron chi connectivity index (χ0n) is 14.0. The second kappa shape index (κ2) is 6.59. The summed E-state index contributed by atoms with van der Waals surface area (Å²) < 4.78 is 13.1. The molecule has 2 aliphatic carbocycles. The summed E-state index contributed by atoms with van der Waals surface area (Å²) in [4.78, 5) is 12.9. The number of aromatic amines is 1. The second-order valence-electron chi connectivity index (χ2n) is 7.35. The van der Waals surface area contributed by atoms with Gasteiger partial charge in [0.25, 0.3) is 5.91 Å². The Morgan fingerprint density at radius 1 is 1.20 bits per heavy atom. The highest BCUT2D eigenvalue weighted by Gasteiger charge is 2.40. The number of H-pyrrole nitrogens is 1. The summed E-state index contributed by atoms with van der Waals surface area (Å²) in [6.07, 6.45) is 6.99. The molecule has 1 heterocycles. The molecule has 2 unspecified atom stereocenters. The van der Waals surface area contributed by atoms with Crippen molar-refractivity contribution in [3.8, 4) is 11.3 Å². The first-order valence-electron chi connectivity index (χ1n) is 8.97. The molecule has 1 aromatic heterocycles. The van der Waals surface area contributed by atoms with E-state index in [1.165, 1.54) is 18.6 Å². The van der Waals surface area contributed by atoms with Gasteiger partial charge in [0, 0.05) is 17.6 Å². The zero-order chi connectivity index (χ0) is 17.4. The fraction of sp³-hybridized carbons (Fsp3) is 0.474. The third-order valence-electron chi connectivity index (χ3n) is 5.69. The maximum atomic E-state index is 13.1. The number of rotatable bonds is 3. The van der Waals surface area contributed by atoms with Crippen LogP contribution in [0.5, 0.6) is 0 Å². The lowest BCUT2D eigenvalue weighted by Crippen LogP contribution is -2.53. The minimum atomic E-state index is -0.305. The quantitative estimate of drug-likeness (QED) is 0.802. The Balaban J connectivity index is 1.54. The van der Waals surface area contributed by atoms with Gasteiger partial charge in [0.1, 0.15) is 5.82 Å². The molecule has 2 aliphatic rings. The highest BCUT2D eigenvalue weighted by molar-refractivity contribution is 5.99. The van der Waals surface area contributed by atoms with Gasteiger partial charge in [-0.15, -0.1) is 0 Å². The molecule has 1 aromatic carbocycles. The summed E-state index contributed by atoms with van der Waals surface area (Å²) in [5.41, 5.74) is 8.03. The van der Waals surface area contributed by atoms with Crippen LogP contribution in [0.25, 0.3) is 11.3 Å².